The van der Waals surface area contributed by atoms with Crippen molar-refractivity contribution in [3.63, 3.8) is 0 Å². The van der Waals surface area contributed by atoms with Crippen LogP contribution in [0.25, 0.3) is 5.65 Å². The van der Waals surface area contributed by atoms with Gasteiger partial charge >= 0.3 is 5.97 Å². The molecule has 1 aliphatic rings. The highest BCUT2D eigenvalue weighted by Gasteiger charge is 2.24. The molecule has 5 heteroatoms. The molecule has 3 rings (SSSR count). The van der Waals surface area contributed by atoms with E-state index >= 15 is 0 Å². The molecular weight excluding hydrogens is 218 g/mol. The number of carbonyl (C=O) groups excluding carboxylic acids is 1. The molecule has 88 valence electrons. The number of carbonyl (C=O) groups is 1. The number of nitrogens with zero attached hydrogens (tertiary/aromatic N) is 3. The first-order chi connectivity index (χ1) is 8.28. The third-order valence-corrected chi connectivity index (χ3v) is 3.06. The van der Waals surface area contributed by atoms with Crippen molar-refractivity contribution in [1.29, 1.82) is 0 Å². The van der Waals surface area contributed by atoms with E-state index in [1.54, 1.807) is 18.3 Å². The number of methoxy groups -OCH3 is 1. The topological polar surface area (TPSA) is 56.5 Å². The SMILES string of the molecule is COC(=O)c1ccc2nnc(CC3CC3)n2c1. The lowest BCUT2D eigenvalue weighted by molar-refractivity contribution is 0.0600. The molecule has 0 N–H and O–H groups in total. The summed E-state index contributed by atoms with van der Waals surface area (Å²) in [6.45, 7) is 0. The van der Waals surface area contributed by atoms with Crippen molar-refractivity contribution in [2.75, 3.05) is 7.11 Å². The summed E-state index contributed by atoms with van der Waals surface area (Å²) in [4.78, 5) is 11.4. The Kier molecular flexibility index (Phi) is 2.31. The third-order valence-electron chi connectivity index (χ3n) is 3.06. The second kappa shape index (κ2) is 3.84. The molecule has 0 spiro atoms. The molecular formula is C12H13N3O2. The first kappa shape index (κ1) is 10.3. The molecule has 0 unspecified atom stereocenters. The smallest absolute Gasteiger partial charge is 0.339 e. The van der Waals surface area contributed by atoms with Gasteiger partial charge in [0.1, 0.15) is 5.82 Å². The Morgan fingerprint density at radius 3 is 3.00 bits per heavy atom. The summed E-state index contributed by atoms with van der Waals surface area (Å²) >= 11 is 0. The highest BCUT2D eigenvalue weighted by molar-refractivity contribution is 5.89. The molecule has 2 aromatic rings. The van der Waals surface area contributed by atoms with Crippen molar-refractivity contribution in [1.82, 2.24) is 14.6 Å². The van der Waals surface area contributed by atoms with Crippen LogP contribution >= 0.6 is 0 Å². The molecule has 2 heterocycles. The van der Waals surface area contributed by atoms with E-state index in [0.717, 1.165) is 23.8 Å². The lowest BCUT2D eigenvalue weighted by atomic mass is 10.2. The molecule has 1 saturated carbocycles. The van der Waals surface area contributed by atoms with Crippen LogP contribution in [-0.4, -0.2) is 27.7 Å². The number of hydrogen-bond donors (Lipinski definition) is 0. The molecule has 1 aliphatic carbocycles. The molecule has 0 aliphatic heterocycles. The van der Waals surface area contributed by atoms with Gasteiger partial charge in [-0.3, -0.25) is 4.40 Å². The molecule has 0 aromatic carbocycles. The summed E-state index contributed by atoms with van der Waals surface area (Å²) in [5.41, 5.74) is 1.30. The fourth-order valence-corrected chi connectivity index (χ4v) is 1.90. The van der Waals surface area contributed by atoms with Gasteiger partial charge in [-0.15, -0.1) is 10.2 Å². The Bertz CT molecular complexity index is 572. The van der Waals surface area contributed by atoms with Gasteiger partial charge in [0.25, 0.3) is 0 Å². The van der Waals surface area contributed by atoms with E-state index in [1.807, 2.05) is 4.40 Å². The molecule has 0 saturated heterocycles. The van der Waals surface area contributed by atoms with Crippen molar-refractivity contribution in [2.24, 2.45) is 5.92 Å². The van der Waals surface area contributed by atoms with E-state index < -0.39 is 0 Å². The summed E-state index contributed by atoms with van der Waals surface area (Å²) in [7, 11) is 1.38. The second-order valence-corrected chi connectivity index (χ2v) is 4.40. The number of hydrogen-bond acceptors (Lipinski definition) is 4. The maximum Gasteiger partial charge on any atom is 0.339 e. The Hall–Kier alpha value is -1.91. The van der Waals surface area contributed by atoms with Crippen LogP contribution in [0, 0.1) is 5.92 Å². The van der Waals surface area contributed by atoms with E-state index in [4.69, 9.17) is 4.74 Å². The molecule has 0 bridgehead atoms. The second-order valence-electron chi connectivity index (χ2n) is 4.40. The Labute approximate surface area is 98.4 Å². The van der Waals surface area contributed by atoms with E-state index in [-0.39, 0.29) is 5.97 Å². The minimum atomic E-state index is -0.335. The third kappa shape index (κ3) is 1.88. The van der Waals surface area contributed by atoms with Crippen LogP contribution in [0.1, 0.15) is 29.0 Å². The van der Waals surface area contributed by atoms with Crippen molar-refractivity contribution in [3.8, 4) is 0 Å². The molecule has 17 heavy (non-hydrogen) atoms. The van der Waals surface area contributed by atoms with Crippen molar-refractivity contribution < 1.29 is 9.53 Å². The summed E-state index contributed by atoms with van der Waals surface area (Å²) in [6.07, 6.45) is 5.22. The van der Waals surface area contributed by atoms with Gasteiger partial charge in [-0.1, -0.05) is 0 Å². The molecule has 0 amide bonds. The van der Waals surface area contributed by atoms with Gasteiger partial charge in [-0.25, -0.2) is 4.79 Å². The Morgan fingerprint density at radius 1 is 1.47 bits per heavy atom. The predicted octanol–water partition coefficient (Wildman–Crippen LogP) is 1.47. The number of pyridine rings is 1. The lowest BCUT2D eigenvalue weighted by Crippen LogP contribution is -2.04. The molecule has 0 atom stereocenters. The van der Waals surface area contributed by atoms with E-state index in [1.165, 1.54) is 20.0 Å². The molecule has 2 aromatic heterocycles. The summed E-state index contributed by atoms with van der Waals surface area (Å²) in [6, 6.07) is 3.49. The monoisotopic (exact) mass is 231 g/mol. The van der Waals surface area contributed by atoms with Crippen LogP contribution in [0.15, 0.2) is 18.3 Å². The van der Waals surface area contributed by atoms with Crippen LogP contribution in [0.4, 0.5) is 0 Å². The average molecular weight is 231 g/mol. The number of esters is 1. The summed E-state index contributed by atoms with van der Waals surface area (Å²) < 4.78 is 6.58. The quantitative estimate of drug-likeness (QED) is 0.750. The first-order valence-electron chi connectivity index (χ1n) is 5.70. The van der Waals surface area contributed by atoms with Crippen LogP contribution in [0.3, 0.4) is 0 Å². The molecule has 5 nitrogen and oxygen atoms in total. The van der Waals surface area contributed by atoms with Gasteiger partial charge in [-0.05, 0) is 30.9 Å². The van der Waals surface area contributed by atoms with Crippen molar-refractivity contribution in [2.45, 2.75) is 19.3 Å². The van der Waals surface area contributed by atoms with Gasteiger partial charge < -0.3 is 4.74 Å². The average Bonchev–Trinajstić information content (AvgIpc) is 3.09. The number of fused-ring (bicyclic) bond motifs is 1. The standard InChI is InChI=1S/C12H13N3O2/c1-17-12(16)9-4-5-10-13-14-11(15(10)7-9)6-8-2-3-8/h4-5,7-8H,2-3,6H2,1H3. The van der Waals surface area contributed by atoms with Gasteiger partial charge in [-0.2, -0.15) is 0 Å². The lowest BCUT2D eigenvalue weighted by Gasteiger charge is -2.02. The molecule has 1 fully saturated rings. The maximum atomic E-state index is 11.4. The van der Waals surface area contributed by atoms with Gasteiger partial charge in [0, 0.05) is 12.6 Å². The van der Waals surface area contributed by atoms with Gasteiger partial charge in [0.05, 0.1) is 12.7 Å². The normalized spacial score (nSPS) is 15.1. The van der Waals surface area contributed by atoms with Gasteiger partial charge in [0.2, 0.25) is 0 Å². The minimum absolute atomic E-state index is 0.335. The first-order valence-corrected chi connectivity index (χ1v) is 5.70. The van der Waals surface area contributed by atoms with Crippen LogP contribution < -0.4 is 0 Å². The van der Waals surface area contributed by atoms with Gasteiger partial charge in [0.15, 0.2) is 5.65 Å². The van der Waals surface area contributed by atoms with Crippen LogP contribution in [0.2, 0.25) is 0 Å². The zero-order valence-corrected chi connectivity index (χ0v) is 9.59. The Morgan fingerprint density at radius 2 is 2.29 bits per heavy atom. The highest BCUT2D eigenvalue weighted by Crippen LogP contribution is 2.32. The van der Waals surface area contributed by atoms with E-state index in [0.29, 0.717) is 5.56 Å². The van der Waals surface area contributed by atoms with Crippen LogP contribution in [0.5, 0.6) is 0 Å². The number of aromatic nitrogens is 3. The van der Waals surface area contributed by atoms with Crippen LogP contribution in [-0.2, 0) is 11.2 Å². The zero-order chi connectivity index (χ0) is 11.8. The number of rotatable bonds is 3. The van der Waals surface area contributed by atoms with E-state index in [2.05, 4.69) is 10.2 Å². The molecule has 0 radical (unpaired) electrons. The predicted molar refractivity (Wildman–Crippen MR) is 60.8 cm³/mol. The fraction of sp³-hybridized carbons (Fsp3) is 0.417. The van der Waals surface area contributed by atoms with E-state index in [9.17, 15) is 4.79 Å². The Balaban J connectivity index is 2.02. The maximum absolute atomic E-state index is 11.4. The largest absolute Gasteiger partial charge is 0.465 e. The minimum Gasteiger partial charge on any atom is -0.465 e. The summed E-state index contributed by atoms with van der Waals surface area (Å²) in [5, 5.41) is 8.25. The fourth-order valence-electron chi connectivity index (χ4n) is 1.90. The number of ether oxygens (including phenoxy) is 1. The van der Waals surface area contributed by atoms with Crippen molar-refractivity contribution >= 4 is 11.6 Å². The highest BCUT2D eigenvalue weighted by atomic mass is 16.5. The van der Waals surface area contributed by atoms with Crippen molar-refractivity contribution in [3.05, 3.63) is 29.7 Å². The zero-order valence-electron chi connectivity index (χ0n) is 9.59. The summed E-state index contributed by atoms with van der Waals surface area (Å²) in [5.74, 6) is 1.33.